The summed E-state index contributed by atoms with van der Waals surface area (Å²) in [6.07, 6.45) is 1.69. The summed E-state index contributed by atoms with van der Waals surface area (Å²) >= 11 is 0. The summed E-state index contributed by atoms with van der Waals surface area (Å²) in [5.41, 5.74) is 2.40. The number of aliphatic carboxylic acids is 1. The van der Waals surface area contributed by atoms with Gasteiger partial charge in [-0.1, -0.05) is 6.92 Å². The van der Waals surface area contributed by atoms with Crippen LogP contribution in [0.15, 0.2) is 18.2 Å². The monoisotopic (exact) mass is 330 g/mol. The number of nitrogens with zero attached hydrogens (tertiary/aromatic N) is 2. The summed E-state index contributed by atoms with van der Waals surface area (Å²) in [6, 6.07) is 5.38. The van der Waals surface area contributed by atoms with Crippen molar-refractivity contribution in [3.63, 3.8) is 0 Å². The van der Waals surface area contributed by atoms with Gasteiger partial charge in [-0.15, -0.1) is 0 Å². The Balaban J connectivity index is 1.83. The van der Waals surface area contributed by atoms with E-state index in [1.165, 1.54) is 0 Å². The number of benzene rings is 1. The van der Waals surface area contributed by atoms with Crippen molar-refractivity contribution in [1.82, 2.24) is 4.90 Å². The minimum Gasteiger partial charge on any atom is -0.481 e. The molecule has 1 fully saturated rings. The highest BCUT2D eigenvalue weighted by molar-refractivity contribution is 5.99. The Hall–Kier alpha value is -2.37. The first kappa shape index (κ1) is 16.5. The zero-order valence-electron chi connectivity index (χ0n) is 14.0. The van der Waals surface area contributed by atoms with E-state index in [9.17, 15) is 19.5 Å². The van der Waals surface area contributed by atoms with Crippen molar-refractivity contribution in [1.29, 1.82) is 0 Å². The average molecular weight is 330 g/mol. The molecule has 1 saturated heterocycles. The lowest BCUT2D eigenvalue weighted by molar-refractivity contribution is -0.143. The molecule has 1 aromatic carbocycles. The molecule has 0 bridgehead atoms. The third-order valence-electron chi connectivity index (χ3n) is 4.97. The van der Waals surface area contributed by atoms with E-state index in [1.807, 2.05) is 19.1 Å². The Labute approximate surface area is 141 Å². The van der Waals surface area contributed by atoms with Crippen LogP contribution in [0.4, 0.5) is 5.69 Å². The predicted molar refractivity (Wildman–Crippen MR) is 89.0 cm³/mol. The molecule has 1 N–H and O–H groups in total. The number of carboxylic acid groups (broad SMARTS) is 1. The van der Waals surface area contributed by atoms with E-state index >= 15 is 0 Å². The van der Waals surface area contributed by atoms with E-state index in [2.05, 4.69) is 0 Å². The molecule has 6 nitrogen and oxygen atoms in total. The largest absolute Gasteiger partial charge is 0.481 e. The van der Waals surface area contributed by atoms with Crippen LogP contribution in [0.1, 0.15) is 35.7 Å². The van der Waals surface area contributed by atoms with Gasteiger partial charge in [0, 0.05) is 37.8 Å². The molecule has 0 aliphatic carbocycles. The van der Waals surface area contributed by atoms with Gasteiger partial charge in [0.05, 0.1) is 5.92 Å². The van der Waals surface area contributed by atoms with Crippen molar-refractivity contribution in [3.05, 3.63) is 29.3 Å². The molecular formula is C18H22N2O4. The second-order valence-corrected chi connectivity index (χ2v) is 6.88. The van der Waals surface area contributed by atoms with E-state index in [1.54, 1.807) is 22.9 Å². The summed E-state index contributed by atoms with van der Waals surface area (Å²) < 4.78 is 0. The number of fused-ring (bicyclic) bond motifs is 1. The highest BCUT2D eigenvalue weighted by Crippen LogP contribution is 2.29. The molecule has 6 heteroatoms. The highest BCUT2D eigenvalue weighted by Gasteiger charge is 2.32. The van der Waals surface area contributed by atoms with Crippen molar-refractivity contribution in [2.45, 2.75) is 26.2 Å². The van der Waals surface area contributed by atoms with Crippen molar-refractivity contribution >= 4 is 23.5 Å². The summed E-state index contributed by atoms with van der Waals surface area (Å²) in [6.45, 7) is 2.81. The number of carbonyl (C=O) groups is 3. The van der Waals surface area contributed by atoms with Crippen LogP contribution in [-0.2, 0) is 16.0 Å². The van der Waals surface area contributed by atoms with Gasteiger partial charge in [0.25, 0.3) is 5.91 Å². The van der Waals surface area contributed by atoms with E-state index in [0.29, 0.717) is 31.4 Å². The fourth-order valence-electron chi connectivity index (χ4n) is 3.67. The van der Waals surface area contributed by atoms with E-state index in [0.717, 1.165) is 11.3 Å². The number of rotatable bonds is 2. The number of anilines is 1. The lowest BCUT2D eigenvalue weighted by Gasteiger charge is -2.35. The maximum absolute atomic E-state index is 12.8. The topological polar surface area (TPSA) is 77.9 Å². The maximum Gasteiger partial charge on any atom is 0.308 e. The van der Waals surface area contributed by atoms with Crippen molar-refractivity contribution in [2.75, 3.05) is 25.0 Å². The molecule has 1 aromatic rings. The smallest absolute Gasteiger partial charge is 0.308 e. The summed E-state index contributed by atoms with van der Waals surface area (Å²) in [5.74, 6) is -1.22. The molecule has 2 aliphatic rings. The molecule has 3 rings (SSSR count). The minimum atomic E-state index is -0.843. The minimum absolute atomic E-state index is 0.0794. The molecule has 2 atom stereocenters. The van der Waals surface area contributed by atoms with Crippen LogP contribution in [0.5, 0.6) is 0 Å². The van der Waals surface area contributed by atoms with Crippen molar-refractivity contribution < 1.29 is 19.5 Å². The third-order valence-corrected chi connectivity index (χ3v) is 4.97. The van der Waals surface area contributed by atoms with E-state index in [4.69, 9.17) is 0 Å². The number of piperidine rings is 1. The standard InChI is InChI=1S/C18H22N2O4/c1-11-7-14(18(23)24)10-20(9-11)17(22)13-3-5-15-12(8-13)4-6-16(21)19(15)2/h3,5,8,11,14H,4,6-7,9-10H2,1-2H3,(H,23,24). The Morgan fingerprint density at radius 3 is 2.67 bits per heavy atom. The van der Waals surface area contributed by atoms with Crippen LogP contribution in [0.25, 0.3) is 0 Å². The Morgan fingerprint density at radius 1 is 1.21 bits per heavy atom. The summed E-state index contributed by atoms with van der Waals surface area (Å²) in [4.78, 5) is 39.1. The van der Waals surface area contributed by atoms with E-state index < -0.39 is 11.9 Å². The molecule has 2 heterocycles. The molecule has 0 spiro atoms. The molecular weight excluding hydrogens is 308 g/mol. The highest BCUT2D eigenvalue weighted by atomic mass is 16.4. The Morgan fingerprint density at radius 2 is 1.96 bits per heavy atom. The normalized spacial score (nSPS) is 23.8. The van der Waals surface area contributed by atoms with Gasteiger partial charge in [0.1, 0.15) is 0 Å². The second-order valence-electron chi connectivity index (χ2n) is 6.88. The molecule has 128 valence electrons. The van der Waals surface area contributed by atoms with Crippen LogP contribution >= 0.6 is 0 Å². The van der Waals surface area contributed by atoms with Crippen molar-refractivity contribution in [3.8, 4) is 0 Å². The number of aryl methyl sites for hydroxylation is 1. The fourth-order valence-corrected chi connectivity index (χ4v) is 3.67. The summed E-state index contributed by atoms with van der Waals surface area (Å²) in [5, 5.41) is 9.26. The van der Waals surface area contributed by atoms with Crippen LogP contribution in [-0.4, -0.2) is 47.9 Å². The average Bonchev–Trinajstić information content (AvgIpc) is 2.56. The molecule has 0 saturated carbocycles. The lowest BCUT2D eigenvalue weighted by Crippen LogP contribution is -2.45. The molecule has 0 radical (unpaired) electrons. The lowest BCUT2D eigenvalue weighted by atomic mass is 9.90. The molecule has 24 heavy (non-hydrogen) atoms. The van der Waals surface area contributed by atoms with E-state index in [-0.39, 0.29) is 24.3 Å². The first-order chi connectivity index (χ1) is 11.4. The predicted octanol–water partition coefficient (Wildman–Crippen LogP) is 1.78. The number of hydrogen-bond donors (Lipinski definition) is 1. The Bertz CT molecular complexity index is 700. The van der Waals surface area contributed by atoms with Crippen LogP contribution < -0.4 is 4.90 Å². The summed E-state index contributed by atoms with van der Waals surface area (Å²) in [7, 11) is 1.74. The number of carbonyl (C=O) groups excluding carboxylic acids is 2. The number of amides is 2. The number of carboxylic acids is 1. The Kier molecular flexibility index (Phi) is 4.30. The van der Waals surface area contributed by atoms with Gasteiger partial charge in [-0.2, -0.15) is 0 Å². The molecule has 2 aliphatic heterocycles. The molecule has 2 unspecified atom stereocenters. The zero-order chi connectivity index (χ0) is 17.4. The molecule has 2 amide bonds. The van der Waals surface area contributed by atoms with Crippen molar-refractivity contribution in [2.24, 2.45) is 11.8 Å². The fraction of sp³-hybridized carbons (Fsp3) is 0.500. The van der Waals surface area contributed by atoms with Gasteiger partial charge >= 0.3 is 5.97 Å². The van der Waals surface area contributed by atoms with Crippen LogP contribution in [0, 0.1) is 11.8 Å². The zero-order valence-corrected chi connectivity index (χ0v) is 14.0. The van der Waals surface area contributed by atoms with Gasteiger partial charge < -0.3 is 14.9 Å². The van der Waals surface area contributed by atoms with Gasteiger partial charge in [-0.05, 0) is 42.5 Å². The van der Waals surface area contributed by atoms with Crippen LogP contribution in [0.2, 0.25) is 0 Å². The van der Waals surface area contributed by atoms with Gasteiger partial charge in [0.2, 0.25) is 5.91 Å². The number of likely N-dealkylation sites (tertiary alicyclic amines) is 1. The quantitative estimate of drug-likeness (QED) is 0.896. The van der Waals surface area contributed by atoms with Crippen LogP contribution in [0.3, 0.4) is 0 Å². The SMILES string of the molecule is CC1CC(C(=O)O)CN(C(=O)c2ccc3c(c2)CCC(=O)N3C)C1. The first-order valence-corrected chi connectivity index (χ1v) is 8.28. The first-order valence-electron chi connectivity index (χ1n) is 8.28. The van der Waals surface area contributed by atoms with Gasteiger partial charge in [-0.25, -0.2) is 0 Å². The van der Waals surface area contributed by atoms with Gasteiger partial charge in [-0.3, -0.25) is 14.4 Å². The maximum atomic E-state index is 12.8. The third kappa shape index (κ3) is 3.00. The number of hydrogen-bond acceptors (Lipinski definition) is 3. The second kappa shape index (κ2) is 6.26. The van der Waals surface area contributed by atoms with Gasteiger partial charge in [0.15, 0.2) is 0 Å². The molecule has 0 aromatic heterocycles.